The van der Waals surface area contributed by atoms with Crippen molar-refractivity contribution in [1.29, 1.82) is 0 Å². The molecule has 0 saturated carbocycles. The van der Waals surface area contributed by atoms with E-state index in [1.807, 2.05) is 31.2 Å². The molecule has 2 aromatic rings. The first-order chi connectivity index (χ1) is 11.5. The maximum Gasteiger partial charge on any atom is 0.162 e. The smallest absolute Gasteiger partial charge is 0.162 e. The Hall–Kier alpha value is -2.03. The second-order valence-corrected chi connectivity index (χ2v) is 6.01. The maximum atomic E-state index is 14.0. The largest absolute Gasteiger partial charge is 0.212 e. The van der Waals surface area contributed by atoms with Crippen LogP contribution in [0.3, 0.4) is 0 Å². The summed E-state index contributed by atoms with van der Waals surface area (Å²) in [6.45, 7) is 3.25. The van der Waals surface area contributed by atoms with E-state index in [0.717, 1.165) is 17.5 Å². The fourth-order valence-electron chi connectivity index (χ4n) is 2.68. The van der Waals surface area contributed by atoms with Gasteiger partial charge in [0.1, 0.15) is 0 Å². The summed E-state index contributed by atoms with van der Waals surface area (Å²) < 4.78 is 40.5. The molecule has 0 radical (unpaired) electrons. The molecule has 0 aliphatic rings. The third-order valence-electron chi connectivity index (χ3n) is 4.19. The van der Waals surface area contributed by atoms with Crippen LogP contribution in [0.4, 0.5) is 13.2 Å². The van der Waals surface area contributed by atoms with Crippen LogP contribution in [0.2, 0.25) is 0 Å². The number of hydrogen-bond donors (Lipinski definition) is 0. The predicted octanol–water partition coefficient (Wildman–Crippen LogP) is 6.12. The number of hydrogen-bond acceptors (Lipinski definition) is 0. The van der Waals surface area contributed by atoms with Crippen molar-refractivity contribution in [3.63, 3.8) is 0 Å². The average molecular weight is 332 g/mol. The summed E-state index contributed by atoms with van der Waals surface area (Å²) in [6.07, 6.45) is 4.66. The summed E-state index contributed by atoms with van der Waals surface area (Å²) in [7, 11) is 0. The van der Waals surface area contributed by atoms with Gasteiger partial charge in [-0.3, -0.25) is 0 Å². The molecule has 0 nitrogen and oxygen atoms in total. The van der Waals surface area contributed by atoms with Crippen molar-refractivity contribution in [2.45, 2.75) is 46.0 Å². The molecule has 2 rings (SSSR count). The molecule has 0 N–H and O–H groups in total. The number of benzene rings is 2. The molecule has 24 heavy (non-hydrogen) atoms. The monoisotopic (exact) mass is 332 g/mol. The average Bonchev–Trinajstić information content (AvgIpc) is 2.57. The summed E-state index contributed by atoms with van der Waals surface area (Å²) in [5.41, 5.74) is 3.05. The minimum Gasteiger partial charge on any atom is -0.212 e. The van der Waals surface area contributed by atoms with E-state index in [9.17, 15) is 13.2 Å². The Morgan fingerprint density at radius 2 is 1.38 bits per heavy atom. The van der Waals surface area contributed by atoms with Crippen LogP contribution in [-0.4, -0.2) is 0 Å². The normalized spacial score (nSPS) is 11.8. The number of allylic oxidation sites excluding steroid dienone is 2. The number of halogens is 3. The molecule has 0 aliphatic carbocycles. The lowest BCUT2D eigenvalue weighted by atomic mass is 10.00. The second-order valence-electron chi connectivity index (χ2n) is 6.01. The van der Waals surface area contributed by atoms with E-state index in [1.54, 1.807) is 18.2 Å². The first-order valence-electron chi connectivity index (χ1n) is 8.37. The first-order valence-corrected chi connectivity index (χ1v) is 8.37. The zero-order valence-corrected chi connectivity index (χ0v) is 14.2. The van der Waals surface area contributed by atoms with Gasteiger partial charge in [-0.1, -0.05) is 49.4 Å². The molecule has 0 unspecified atom stereocenters. The zero-order chi connectivity index (χ0) is 17.5. The van der Waals surface area contributed by atoms with E-state index >= 15 is 0 Å². The minimum atomic E-state index is -0.723. The van der Waals surface area contributed by atoms with Crippen molar-refractivity contribution in [2.75, 3.05) is 0 Å². The Labute approximate surface area is 142 Å². The third-order valence-corrected chi connectivity index (χ3v) is 4.19. The van der Waals surface area contributed by atoms with Gasteiger partial charge in [0.25, 0.3) is 0 Å². The summed E-state index contributed by atoms with van der Waals surface area (Å²) in [6, 6.07) is 11.3. The molecule has 128 valence electrons. The van der Waals surface area contributed by atoms with Crippen molar-refractivity contribution < 1.29 is 13.2 Å². The highest BCUT2D eigenvalue weighted by Gasteiger charge is 2.12. The molecular weight excluding hydrogens is 309 g/mol. The van der Waals surface area contributed by atoms with E-state index in [4.69, 9.17) is 0 Å². The fourth-order valence-corrected chi connectivity index (χ4v) is 2.68. The molecule has 2 aromatic carbocycles. The summed E-state index contributed by atoms with van der Waals surface area (Å²) in [4.78, 5) is 0. The van der Waals surface area contributed by atoms with Crippen molar-refractivity contribution in [1.82, 2.24) is 0 Å². The Bertz CT molecular complexity index is 696. The van der Waals surface area contributed by atoms with Crippen LogP contribution < -0.4 is 0 Å². The minimum absolute atomic E-state index is 0.157. The molecule has 0 amide bonds. The molecular formula is C21H23F3. The first kappa shape index (κ1) is 18.3. The van der Waals surface area contributed by atoms with E-state index < -0.39 is 11.6 Å². The Balaban J connectivity index is 1.95. The van der Waals surface area contributed by atoms with E-state index in [2.05, 4.69) is 0 Å². The van der Waals surface area contributed by atoms with E-state index in [0.29, 0.717) is 36.8 Å². The molecule has 0 aliphatic heterocycles. The van der Waals surface area contributed by atoms with Crippen LogP contribution in [0.25, 0.3) is 0 Å². The number of aryl methyl sites for hydroxylation is 4. The molecule has 0 bridgehead atoms. The summed E-state index contributed by atoms with van der Waals surface area (Å²) in [5, 5.41) is 0. The summed E-state index contributed by atoms with van der Waals surface area (Å²) >= 11 is 0. The highest BCUT2D eigenvalue weighted by atomic mass is 19.2. The second kappa shape index (κ2) is 8.72. The van der Waals surface area contributed by atoms with Crippen molar-refractivity contribution in [3.8, 4) is 0 Å². The molecule has 0 fully saturated rings. The predicted molar refractivity (Wildman–Crippen MR) is 92.8 cm³/mol. The molecule has 0 spiro atoms. The van der Waals surface area contributed by atoms with Crippen LogP contribution in [0, 0.1) is 11.6 Å². The van der Waals surface area contributed by atoms with Crippen LogP contribution >= 0.6 is 0 Å². The fraction of sp³-hybridized carbons (Fsp3) is 0.333. The van der Waals surface area contributed by atoms with Gasteiger partial charge in [-0.2, -0.15) is 0 Å². The molecule has 0 saturated heterocycles. The highest BCUT2D eigenvalue weighted by molar-refractivity contribution is 5.28. The molecule has 0 heterocycles. The lowest BCUT2D eigenvalue weighted by Gasteiger charge is -2.08. The number of rotatable bonds is 7. The molecule has 0 aromatic heterocycles. The quantitative estimate of drug-likeness (QED) is 0.573. The van der Waals surface area contributed by atoms with E-state index in [-0.39, 0.29) is 5.83 Å². The Morgan fingerprint density at radius 1 is 0.833 bits per heavy atom. The van der Waals surface area contributed by atoms with Crippen LogP contribution in [0.15, 0.2) is 48.3 Å². The maximum absolute atomic E-state index is 14.0. The van der Waals surface area contributed by atoms with Gasteiger partial charge >= 0.3 is 0 Å². The third kappa shape index (κ3) is 4.98. The Morgan fingerprint density at radius 3 is 1.96 bits per heavy atom. The van der Waals surface area contributed by atoms with Crippen LogP contribution in [0.5, 0.6) is 0 Å². The van der Waals surface area contributed by atoms with Gasteiger partial charge in [-0.05, 0) is 61.3 Å². The lowest BCUT2D eigenvalue weighted by molar-refractivity contribution is 0.490. The van der Waals surface area contributed by atoms with E-state index in [1.165, 1.54) is 6.92 Å². The van der Waals surface area contributed by atoms with Gasteiger partial charge in [-0.15, -0.1) is 0 Å². The topological polar surface area (TPSA) is 0 Å². The zero-order valence-electron chi connectivity index (χ0n) is 14.2. The van der Waals surface area contributed by atoms with Crippen LogP contribution in [0.1, 0.15) is 42.5 Å². The standard InChI is InChI=1S/C21H23F3/c1-3-18-13-14-19(21(24)20(18)23)12-11-17-9-7-16(8-10-17)6-4-5-15(2)22/h5,7-10,13-14H,3-4,6,11-12H2,1-2H3/b15-5-. The van der Waals surface area contributed by atoms with Gasteiger partial charge in [0.05, 0.1) is 5.83 Å². The SMILES string of the molecule is CCc1ccc(CCc2ccc(CC/C=C(/C)F)cc2)c(F)c1F. The molecule has 0 atom stereocenters. The van der Waals surface area contributed by atoms with Crippen molar-refractivity contribution >= 4 is 0 Å². The highest BCUT2D eigenvalue weighted by Crippen LogP contribution is 2.19. The summed E-state index contributed by atoms with van der Waals surface area (Å²) in [5.74, 6) is -1.60. The van der Waals surface area contributed by atoms with Gasteiger partial charge in [0.15, 0.2) is 11.6 Å². The molecule has 3 heteroatoms. The van der Waals surface area contributed by atoms with Gasteiger partial charge in [-0.25, -0.2) is 13.2 Å². The lowest BCUT2D eigenvalue weighted by Crippen LogP contribution is -2.01. The van der Waals surface area contributed by atoms with Gasteiger partial charge < -0.3 is 0 Å². The van der Waals surface area contributed by atoms with Crippen LogP contribution in [-0.2, 0) is 25.7 Å². The van der Waals surface area contributed by atoms with Crippen molar-refractivity contribution in [2.24, 2.45) is 0 Å². The van der Waals surface area contributed by atoms with Crippen molar-refractivity contribution in [3.05, 3.63) is 82.2 Å². The van der Waals surface area contributed by atoms with Gasteiger partial charge in [0, 0.05) is 0 Å². The Kier molecular flexibility index (Phi) is 6.65. The van der Waals surface area contributed by atoms with Gasteiger partial charge in [0.2, 0.25) is 0 Å².